The van der Waals surface area contributed by atoms with E-state index in [4.69, 9.17) is 0 Å². The molecule has 1 unspecified atom stereocenters. The third kappa shape index (κ3) is 3.98. The molecule has 0 bridgehead atoms. The molecular formula is C17H14F3N3S. The van der Waals surface area contributed by atoms with E-state index in [-0.39, 0.29) is 6.04 Å². The number of alkyl halides is 3. The van der Waals surface area contributed by atoms with Gasteiger partial charge in [-0.3, -0.25) is 9.97 Å². The highest BCUT2D eigenvalue weighted by atomic mass is 32.1. The van der Waals surface area contributed by atoms with Gasteiger partial charge in [0, 0.05) is 30.0 Å². The van der Waals surface area contributed by atoms with E-state index in [1.807, 2.05) is 6.07 Å². The van der Waals surface area contributed by atoms with Crippen molar-refractivity contribution in [3.8, 4) is 0 Å². The fourth-order valence-electron chi connectivity index (χ4n) is 2.40. The van der Waals surface area contributed by atoms with E-state index in [0.717, 1.165) is 16.5 Å². The van der Waals surface area contributed by atoms with Gasteiger partial charge in [0.05, 0.1) is 17.1 Å². The van der Waals surface area contributed by atoms with Crippen LogP contribution in [0.1, 0.15) is 27.6 Å². The van der Waals surface area contributed by atoms with Gasteiger partial charge in [0.25, 0.3) is 0 Å². The minimum absolute atomic E-state index is 0.386. The van der Waals surface area contributed by atoms with Crippen molar-refractivity contribution in [2.24, 2.45) is 0 Å². The van der Waals surface area contributed by atoms with Gasteiger partial charge >= 0.3 is 6.18 Å². The molecule has 3 aromatic rings. The van der Waals surface area contributed by atoms with Gasteiger partial charge in [-0.05, 0) is 29.3 Å². The third-order valence-electron chi connectivity index (χ3n) is 3.53. The van der Waals surface area contributed by atoms with Crippen LogP contribution in [0.3, 0.4) is 0 Å². The quantitative estimate of drug-likeness (QED) is 0.740. The summed E-state index contributed by atoms with van der Waals surface area (Å²) in [6.07, 6.45) is 0.664. The number of hydrogen-bond donors (Lipinski definition) is 1. The lowest BCUT2D eigenvalue weighted by Crippen LogP contribution is -2.22. The molecule has 0 fully saturated rings. The Kier molecular flexibility index (Phi) is 4.92. The number of rotatable bonds is 5. The molecule has 7 heteroatoms. The van der Waals surface area contributed by atoms with Crippen LogP contribution in [0.2, 0.25) is 0 Å². The summed E-state index contributed by atoms with van der Waals surface area (Å²) in [6, 6.07) is 8.59. The summed E-state index contributed by atoms with van der Waals surface area (Å²) in [5.74, 6) is 0. The number of pyridine rings is 1. The van der Waals surface area contributed by atoms with Gasteiger partial charge in [-0.15, -0.1) is 11.3 Å². The van der Waals surface area contributed by atoms with Gasteiger partial charge in [0.1, 0.15) is 0 Å². The monoisotopic (exact) mass is 349 g/mol. The summed E-state index contributed by atoms with van der Waals surface area (Å²) in [5, 5.41) is 3.30. The molecule has 1 aromatic carbocycles. The standard InChI is InChI=1S/C17H14F3N3S/c18-17(19,20)14-5-1-3-12(7-14)16(13-4-2-6-21-8-13)23-10-15-9-22-11-24-15/h1-9,11,16,23H,10H2. The van der Waals surface area contributed by atoms with E-state index in [1.54, 1.807) is 36.2 Å². The van der Waals surface area contributed by atoms with E-state index >= 15 is 0 Å². The van der Waals surface area contributed by atoms with Crippen molar-refractivity contribution in [1.29, 1.82) is 0 Å². The molecule has 0 saturated heterocycles. The topological polar surface area (TPSA) is 37.8 Å². The molecular weight excluding hydrogens is 335 g/mol. The van der Waals surface area contributed by atoms with Crippen LogP contribution in [0.4, 0.5) is 13.2 Å². The Bertz CT molecular complexity index is 773. The van der Waals surface area contributed by atoms with E-state index in [0.29, 0.717) is 12.1 Å². The summed E-state index contributed by atoms with van der Waals surface area (Å²) >= 11 is 1.49. The number of aromatic nitrogens is 2. The maximum atomic E-state index is 13.0. The van der Waals surface area contributed by atoms with E-state index in [1.165, 1.54) is 23.5 Å². The van der Waals surface area contributed by atoms with Crippen LogP contribution in [0.15, 0.2) is 60.5 Å². The Morgan fingerprint density at radius 1 is 1.04 bits per heavy atom. The van der Waals surface area contributed by atoms with Gasteiger partial charge in [-0.25, -0.2) is 0 Å². The Morgan fingerprint density at radius 3 is 2.54 bits per heavy atom. The third-order valence-corrected chi connectivity index (χ3v) is 4.31. The molecule has 0 aliphatic heterocycles. The second-order valence-electron chi connectivity index (χ2n) is 5.19. The summed E-state index contributed by atoms with van der Waals surface area (Å²) in [6.45, 7) is 0.514. The molecule has 1 atom stereocenters. The molecule has 2 aromatic heterocycles. The highest BCUT2D eigenvalue weighted by Crippen LogP contribution is 2.32. The summed E-state index contributed by atoms with van der Waals surface area (Å²) < 4.78 is 39.0. The molecule has 0 saturated carbocycles. The number of benzene rings is 1. The first-order chi connectivity index (χ1) is 11.5. The minimum Gasteiger partial charge on any atom is -0.301 e. The zero-order valence-electron chi connectivity index (χ0n) is 12.5. The number of hydrogen-bond acceptors (Lipinski definition) is 4. The van der Waals surface area contributed by atoms with Crippen molar-refractivity contribution in [2.45, 2.75) is 18.8 Å². The fourth-order valence-corrected chi connectivity index (χ4v) is 2.95. The lowest BCUT2D eigenvalue weighted by atomic mass is 9.98. The van der Waals surface area contributed by atoms with Crippen LogP contribution in [0.25, 0.3) is 0 Å². The predicted octanol–water partition coefficient (Wildman–Crippen LogP) is 4.44. The Labute approximate surface area is 141 Å². The minimum atomic E-state index is -4.37. The van der Waals surface area contributed by atoms with Crippen molar-refractivity contribution in [3.63, 3.8) is 0 Å². The molecule has 2 heterocycles. The van der Waals surface area contributed by atoms with E-state index in [2.05, 4.69) is 15.3 Å². The molecule has 3 nitrogen and oxygen atoms in total. The lowest BCUT2D eigenvalue weighted by molar-refractivity contribution is -0.137. The van der Waals surface area contributed by atoms with E-state index < -0.39 is 11.7 Å². The van der Waals surface area contributed by atoms with Crippen molar-refractivity contribution in [3.05, 3.63) is 82.1 Å². The Morgan fingerprint density at radius 2 is 1.88 bits per heavy atom. The number of nitrogens with one attached hydrogen (secondary N) is 1. The lowest BCUT2D eigenvalue weighted by Gasteiger charge is -2.20. The first-order valence-corrected chi connectivity index (χ1v) is 8.10. The smallest absolute Gasteiger partial charge is 0.301 e. The average molecular weight is 349 g/mol. The van der Waals surface area contributed by atoms with Crippen LogP contribution in [0.5, 0.6) is 0 Å². The SMILES string of the molecule is FC(F)(F)c1cccc(C(NCc2cncs2)c2cccnc2)c1. The number of nitrogens with zero attached hydrogens (tertiary/aromatic N) is 2. The second kappa shape index (κ2) is 7.11. The van der Waals surface area contributed by atoms with Crippen molar-refractivity contribution < 1.29 is 13.2 Å². The summed E-state index contributed by atoms with van der Waals surface area (Å²) in [4.78, 5) is 9.09. The van der Waals surface area contributed by atoms with Crippen LogP contribution in [-0.4, -0.2) is 9.97 Å². The summed E-state index contributed by atoms with van der Waals surface area (Å²) in [5.41, 5.74) is 2.41. The molecule has 1 N–H and O–H groups in total. The van der Waals surface area contributed by atoms with Gasteiger partial charge in [-0.1, -0.05) is 18.2 Å². The second-order valence-corrected chi connectivity index (χ2v) is 6.16. The van der Waals surface area contributed by atoms with Crippen molar-refractivity contribution in [2.75, 3.05) is 0 Å². The van der Waals surface area contributed by atoms with Crippen LogP contribution < -0.4 is 5.32 Å². The van der Waals surface area contributed by atoms with Crippen molar-refractivity contribution in [1.82, 2.24) is 15.3 Å². The predicted molar refractivity (Wildman–Crippen MR) is 86.5 cm³/mol. The van der Waals surface area contributed by atoms with Crippen molar-refractivity contribution >= 4 is 11.3 Å². The molecule has 0 spiro atoms. The van der Waals surface area contributed by atoms with Crippen LogP contribution in [0, 0.1) is 0 Å². The average Bonchev–Trinajstić information content (AvgIpc) is 3.09. The molecule has 3 rings (SSSR count). The fraction of sp³-hybridized carbons (Fsp3) is 0.176. The first-order valence-electron chi connectivity index (χ1n) is 7.22. The maximum Gasteiger partial charge on any atom is 0.416 e. The van der Waals surface area contributed by atoms with E-state index in [9.17, 15) is 13.2 Å². The zero-order valence-corrected chi connectivity index (χ0v) is 13.3. The maximum absolute atomic E-state index is 13.0. The van der Waals surface area contributed by atoms with Gasteiger partial charge in [-0.2, -0.15) is 13.2 Å². The molecule has 124 valence electrons. The largest absolute Gasteiger partial charge is 0.416 e. The normalized spacial score (nSPS) is 13.0. The van der Waals surface area contributed by atoms with Gasteiger partial charge in [0.2, 0.25) is 0 Å². The highest BCUT2D eigenvalue weighted by molar-refractivity contribution is 7.09. The zero-order chi connectivity index (χ0) is 17.0. The first kappa shape index (κ1) is 16.6. The molecule has 0 radical (unpaired) electrons. The molecule has 0 amide bonds. The van der Waals surface area contributed by atoms with Crippen LogP contribution >= 0.6 is 11.3 Å². The Hall–Kier alpha value is -2.25. The highest BCUT2D eigenvalue weighted by Gasteiger charge is 2.31. The number of halogens is 3. The van der Waals surface area contributed by atoms with Gasteiger partial charge < -0.3 is 5.32 Å². The summed E-state index contributed by atoms with van der Waals surface area (Å²) in [7, 11) is 0. The number of thiazole rings is 1. The molecule has 24 heavy (non-hydrogen) atoms. The Balaban J connectivity index is 1.92. The molecule has 0 aliphatic rings. The van der Waals surface area contributed by atoms with Gasteiger partial charge in [0.15, 0.2) is 0 Å². The molecule has 0 aliphatic carbocycles. The van der Waals surface area contributed by atoms with Crippen LogP contribution in [-0.2, 0) is 12.7 Å².